The number of methoxy groups -OCH3 is 1. The molecule has 0 aromatic heterocycles. The average molecular weight is 419 g/mol. The molecule has 1 atom stereocenters. The minimum absolute atomic E-state index is 0.00155. The largest absolute Gasteiger partial charge is 0.497 e. The van der Waals surface area contributed by atoms with Gasteiger partial charge in [-0.25, -0.2) is 4.79 Å². The van der Waals surface area contributed by atoms with Crippen molar-refractivity contribution in [3.8, 4) is 5.75 Å². The Morgan fingerprint density at radius 1 is 1.03 bits per heavy atom. The summed E-state index contributed by atoms with van der Waals surface area (Å²) in [5, 5.41) is 0. The molecule has 2 rings (SSSR count). The minimum Gasteiger partial charge on any atom is -0.497 e. The van der Waals surface area contributed by atoms with Crippen LogP contribution in [0.4, 0.5) is 0 Å². The van der Waals surface area contributed by atoms with Gasteiger partial charge in [0.1, 0.15) is 12.4 Å². The van der Waals surface area contributed by atoms with Crippen LogP contribution >= 0.6 is 7.60 Å². The van der Waals surface area contributed by atoms with Crippen molar-refractivity contribution in [1.82, 2.24) is 0 Å². The molecule has 2 aromatic rings. The highest BCUT2D eigenvalue weighted by Crippen LogP contribution is 2.54. The Kier molecular flexibility index (Phi) is 9.06. The van der Waals surface area contributed by atoms with Gasteiger partial charge < -0.3 is 18.5 Å². The van der Waals surface area contributed by atoms with Gasteiger partial charge in [0.2, 0.25) is 5.78 Å². The van der Waals surface area contributed by atoms with Crippen LogP contribution in [-0.4, -0.2) is 38.3 Å². The highest BCUT2D eigenvalue weighted by molar-refractivity contribution is 7.55. The predicted molar refractivity (Wildman–Crippen MR) is 111 cm³/mol. The molecular weight excluding hydrogens is 393 g/mol. The zero-order valence-corrected chi connectivity index (χ0v) is 17.7. The third-order valence-corrected chi connectivity index (χ3v) is 6.01. The number of esters is 1. The summed E-state index contributed by atoms with van der Waals surface area (Å²) in [5.74, 6) is -1.50. The summed E-state index contributed by atoms with van der Waals surface area (Å²) < 4.78 is 34.3. The van der Waals surface area contributed by atoms with Gasteiger partial charge in [-0.15, -0.1) is 0 Å². The molecule has 2 aromatic carbocycles. The van der Waals surface area contributed by atoms with E-state index in [0.29, 0.717) is 5.75 Å². The summed E-state index contributed by atoms with van der Waals surface area (Å²) in [7, 11) is -2.28. The second-order valence-electron chi connectivity index (χ2n) is 5.89. The summed E-state index contributed by atoms with van der Waals surface area (Å²) in [6, 6.07) is 16.2. The van der Waals surface area contributed by atoms with Crippen LogP contribution in [0, 0.1) is 0 Å². The summed E-state index contributed by atoms with van der Waals surface area (Å²) in [5.41, 5.74) is 1.51. The minimum atomic E-state index is -3.85. The van der Waals surface area contributed by atoms with E-state index in [1.807, 2.05) is 30.3 Å². The number of benzene rings is 2. The first kappa shape index (κ1) is 22.8. The Morgan fingerprint density at radius 3 is 2.21 bits per heavy atom. The van der Waals surface area contributed by atoms with E-state index in [0.717, 1.165) is 11.1 Å². The standard InChI is InChI=1S/C21H26NO6P/c1-4-27-29(24,28-5-2)20(22-15-17-9-7-6-8-10-17)21(23)26-16-18-11-13-19(25-3)14-12-18/h6-15,20H,4-5,16H2,1-3H3. The van der Waals surface area contributed by atoms with E-state index in [-0.39, 0.29) is 19.8 Å². The molecule has 0 heterocycles. The van der Waals surface area contributed by atoms with Gasteiger partial charge in [-0.2, -0.15) is 0 Å². The van der Waals surface area contributed by atoms with Gasteiger partial charge in [0.05, 0.1) is 20.3 Å². The molecule has 0 aliphatic carbocycles. The molecule has 156 valence electrons. The average Bonchev–Trinajstić information content (AvgIpc) is 2.74. The number of ether oxygens (including phenoxy) is 2. The van der Waals surface area contributed by atoms with Crippen LogP contribution in [0.1, 0.15) is 25.0 Å². The number of carbonyl (C=O) groups excluding carboxylic acids is 1. The lowest BCUT2D eigenvalue weighted by atomic mass is 10.2. The maximum absolute atomic E-state index is 13.2. The molecule has 0 amide bonds. The lowest BCUT2D eigenvalue weighted by Crippen LogP contribution is -2.24. The molecule has 0 radical (unpaired) electrons. The Labute approximate surface area is 171 Å². The summed E-state index contributed by atoms with van der Waals surface area (Å²) in [6.45, 7) is 3.57. The number of carbonyl (C=O) groups is 1. The number of rotatable bonds is 11. The topological polar surface area (TPSA) is 83.4 Å². The van der Waals surface area contributed by atoms with Crippen LogP contribution in [0.25, 0.3) is 0 Å². The molecule has 0 bridgehead atoms. The predicted octanol–water partition coefficient (Wildman–Crippen LogP) is 4.45. The van der Waals surface area contributed by atoms with Gasteiger partial charge in [-0.05, 0) is 37.1 Å². The zero-order chi connectivity index (χ0) is 21.1. The van der Waals surface area contributed by atoms with Crippen LogP contribution in [0.5, 0.6) is 5.75 Å². The number of hydrogen-bond donors (Lipinski definition) is 0. The molecular formula is C21H26NO6P. The summed E-state index contributed by atoms with van der Waals surface area (Å²) in [4.78, 5) is 17.0. The van der Waals surface area contributed by atoms with Crippen LogP contribution < -0.4 is 4.74 Å². The van der Waals surface area contributed by atoms with E-state index in [4.69, 9.17) is 18.5 Å². The van der Waals surface area contributed by atoms with E-state index in [9.17, 15) is 9.36 Å². The van der Waals surface area contributed by atoms with Crippen LogP contribution in [0.15, 0.2) is 59.6 Å². The maximum Gasteiger partial charge on any atom is 0.366 e. The van der Waals surface area contributed by atoms with Crippen molar-refractivity contribution < 1.29 is 27.9 Å². The molecule has 0 aliphatic heterocycles. The van der Waals surface area contributed by atoms with Gasteiger partial charge in [0, 0.05) is 6.21 Å². The Bertz CT molecular complexity index is 828. The maximum atomic E-state index is 13.2. The van der Waals surface area contributed by atoms with Crippen molar-refractivity contribution in [3.63, 3.8) is 0 Å². The molecule has 0 saturated heterocycles. The lowest BCUT2D eigenvalue weighted by Gasteiger charge is -2.22. The molecule has 0 spiro atoms. The van der Waals surface area contributed by atoms with E-state index in [2.05, 4.69) is 4.99 Å². The van der Waals surface area contributed by atoms with E-state index >= 15 is 0 Å². The first-order valence-corrected chi connectivity index (χ1v) is 10.9. The fourth-order valence-electron chi connectivity index (χ4n) is 2.46. The lowest BCUT2D eigenvalue weighted by molar-refractivity contribution is -0.144. The number of hydrogen-bond acceptors (Lipinski definition) is 7. The van der Waals surface area contributed by atoms with Gasteiger partial charge >= 0.3 is 13.6 Å². The van der Waals surface area contributed by atoms with E-state index in [1.165, 1.54) is 6.21 Å². The number of nitrogens with zero attached hydrogens (tertiary/aromatic N) is 1. The fourth-order valence-corrected chi connectivity index (χ4v) is 4.10. The Balaban J connectivity index is 2.20. The van der Waals surface area contributed by atoms with E-state index in [1.54, 1.807) is 45.2 Å². The van der Waals surface area contributed by atoms with Crippen LogP contribution in [0.3, 0.4) is 0 Å². The first-order chi connectivity index (χ1) is 14.0. The molecule has 0 N–H and O–H groups in total. The van der Waals surface area contributed by atoms with Gasteiger partial charge in [-0.3, -0.25) is 9.56 Å². The van der Waals surface area contributed by atoms with Gasteiger partial charge in [0.25, 0.3) is 0 Å². The van der Waals surface area contributed by atoms with E-state index < -0.39 is 19.3 Å². The SMILES string of the molecule is CCOP(=O)(OCC)C(N=Cc1ccccc1)C(=O)OCc1ccc(OC)cc1. The smallest absolute Gasteiger partial charge is 0.366 e. The van der Waals surface area contributed by atoms with Crippen molar-refractivity contribution in [1.29, 1.82) is 0 Å². The normalized spacial score (nSPS) is 12.7. The Morgan fingerprint density at radius 2 is 1.66 bits per heavy atom. The molecule has 0 fully saturated rings. The first-order valence-electron chi connectivity index (χ1n) is 9.29. The van der Waals surface area contributed by atoms with Gasteiger partial charge in [0.15, 0.2) is 0 Å². The second kappa shape index (κ2) is 11.5. The van der Waals surface area contributed by atoms with Crippen molar-refractivity contribution in [2.24, 2.45) is 4.99 Å². The quantitative estimate of drug-likeness (QED) is 0.304. The molecule has 8 heteroatoms. The third kappa shape index (κ3) is 6.82. The van der Waals surface area contributed by atoms with Gasteiger partial charge in [-0.1, -0.05) is 42.5 Å². The fraction of sp³-hybridized carbons (Fsp3) is 0.333. The molecule has 1 unspecified atom stereocenters. The monoisotopic (exact) mass is 419 g/mol. The summed E-state index contributed by atoms with van der Waals surface area (Å²) >= 11 is 0. The molecule has 0 aliphatic rings. The highest BCUT2D eigenvalue weighted by atomic mass is 31.2. The summed E-state index contributed by atoms with van der Waals surface area (Å²) in [6.07, 6.45) is 1.46. The molecule has 29 heavy (non-hydrogen) atoms. The molecule has 7 nitrogen and oxygen atoms in total. The zero-order valence-electron chi connectivity index (χ0n) is 16.8. The third-order valence-electron chi connectivity index (χ3n) is 3.83. The van der Waals surface area contributed by atoms with Crippen molar-refractivity contribution in [3.05, 3.63) is 65.7 Å². The Hall–Kier alpha value is -2.47. The second-order valence-corrected chi connectivity index (χ2v) is 7.98. The highest BCUT2D eigenvalue weighted by Gasteiger charge is 2.42. The van der Waals surface area contributed by atoms with Crippen LogP contribution in [-0.2, 0) is 29.8 Å². The molecule has 0 saturated carbocycles. The van der Waals surface area contributed by atoms with Crippen molar-refractivity contribution in [2.75, 3.05) is 20.3 Å². The number of aliphatic imine (C=N–C) groups is 1. The van der Waals surface area contributed by atoms with Crippen LogP contribution in [0.2, 0.25) is 0 Å². The van der Waals surface area contributed by atoms with Crippen molar-refractivity contribution in [2.45, 2.75) is 26.2 Å². The van der Waals surface area contributed by atoms with Crippen molar-refractivity contribution >= 4 is 19.8 Å².